The molecule has 4 rings (SSSR count). The number of carboxylic acid groups (broad SMARTS) is 1. The van der Waals surface area contributed by atoms with E-state index in [9.17, 15) is 23.5 Å². The third kappa shape index (κ3) is 3.18. The molecule has 2 heterocycles. The van der Waals surface area contributed by atoms with Crippen molar-refractivity contribution >= 4 is 28.4 Å². The fraction of sp³-hybridized carbons (Fsp3) is 0.182. The highest BCUT2D eigenvalue weighted by molar-refractivity contribution is 6.17. The van der Waals surface area contributed by atoms with Crippen molar-refractivity contribution in [1.29, 1.82) is 0 Å². The summed E-state index contributed by atoms with van der Waals surface area (Å²) in [6.07, 6.45) is 1.29. The van der Waals surface area contributed by atoms with Crippen LogP contribution < -0.4 is 0 Å². The molecule has 1 aromatic heterocycles. The van der Waals surface area contributed by atoms with Gasteiger partial charge in [0.15, 0.2) is 0 Å². The third-order valence-electron chi connectivity index (χ3n) is 5.14. The number of nitrogens with zero attached hydrogens (tertiary/aromatic N) is 1. The van der Waals surface area contributed by atoms with Gasteiger partial charge < -0.3 is 15.0 Å². The number of carbonyl (C=O) groups excluding carboxylic acids is 1. The predicted octanol–water partition coefficient (Wildman–Crippen LogP) is 4.31. The normalized spacial score (nSPS) is 15.6. The molecular formula is C22H18F2N2O3. The van der Waals surface area contributed by atoms with Crippen molar-refractivity contribution in [3.05, 3.63) is 77.1 Å². The van der Waals surface area contributed by atoms with Crippen LogP contribution in [0.1, 0.15) is 35.5 Å². The lowest BCUT2D eigenvalue weighted by Crippen LogP contribution is -2.36. The van der Waals surface area contributed by atoms with Crippen LogP contribution in [0, 0.1) is 11.6 Å². The van der Waals surface area contributed by atoms with Gasteiger partial charge in [-0.1, -0.05) is 13.8 Å². The minimum atomic E-state index is -1.21. The summed E-state index contributed by atoms with van der Waals surface area (Å²) in [4.78, 5) is 29.4. The Kier molecular flexibility index (Phi) is 4.26. The summed E-state index contributed by atoms with van der Waals surface area (Å²) >= 11 is 0. The Hall–Kier alpha value is -3.48. The first-order valence-corrected chi connectivity index (χ1v) is 9.01. The number of halogens is 2. The van der Waals surface area contributed by atoms with Gasteiger partial charge in [-0.2, -0.15) is 0 Å². The lowest BCUT2D eigenvalue weighted by atomic mass is 9.81. The minimum Gasteiger partial charge on any atom is -0.478 e. The Bertz CT molecular complexity index is 1180. The topological polar surface area (TPSA) is 73.4 Å². The van der Waals surface area contributed by atoms with E-state index in [-0.39, 0.29) is 17.7 Å². The fourth-order valence-corrected chi connectivity index (χ4v) is 3.89. The molecule has 0 unspecified atom stereocenters. The van der Waals surface area contributed by atoms with Gasteiger partial charge in [0.05, 0.1) is 11.3 Å². The van der Waals surface area contributed by atoms with Crippen LogP contribution in [0.5, 0.6) is 0 Å². The average molecular weight is 396 g/mol. The van der Waals surface area contributed by atoms with Crippen molar-refractivity contribution in [1.82, 2.24) is 9.88 Å². The number of aliphatic carboxylic acids is 1. The van der Waals surface area contributed by atoms with E-state index in [1.165, 1.54) is 47.5 Å². The van der Waals surface area contributed by atoms with Crippen molar-refractivity contribution in [2.45, 2.75) is 19.3 Å². The zero-order chi connectivity index (χ0) is 20.9. The first-order chi connectivity index (χ1) is 13.7. The monoisotopic (exact) mass is 396 g/mol. The van der Waals surface area contributed by atoms with Gasteiger partial charge in [0.1, 0.15) is 11.6 Å². The van der Waals surface area contributed by atoms with Crippen molar-refractivity contribution in [3.63, 3.8) is 0 Å². The largest absolute Gasteiger partial charge is 0.478 e. The number of H-pyrrole nitrogens is 1. The minimum absolute atomic E-state index is 0.0994. The van der Waals surface area contributed by atoms with Crippen molar-refractivity contribution in [3.8, 4) is 0 Å². The Morgan fingerprint density at radius 2 is 1.72 bits per heavy atom. The number of carbonyl (C=O) groups is 2. The molecule has 1 aliphatic rings. The summed E-state index contributed by atoms with van der Waals surface area (Å²) < 4.78 is 27.1. The van der Waals surface area contributed by atoms with E-state index in [0.29, 0.717) is 22.2 Å². The lowest BCUT2D eigenvalue weighted by molar-refractivity contribution is -0.130. The maximum absolute atomic E-state index is 13.9. The van der Waals surface area contributed by atoms with Crippen LogP contribution >= 0.6 is 0 Å². The first kappa shape index (κ1) is 18.9. The molecule has 0 saturated heterocycles. The molecular weight excluding hydrogens is 378 g/mol. The third-order valence-corrected chi connectivity index (χ3v) is 5.14. The van der Waals surface area contributed by atoms with Gasteiger partial charge in [-0.25, -0.2) is 13.6 Å². The Morgan fingerprint density at radius 1 is 1.07 bits per heavy atom. The smallest absolute Gasteiger partial charge is 0.339 e. The lowest BCUT2D eigenvalue weighted by Gasteiger charge is -2.29. The molecule has 2 N–H and O–H groups in total. The number of aromatic amines is 1. The predicted molar refractivity (Wildman–Crippen MR) is 104 cm³/mol. The molecule has 29 heavy (non-hydrogen) atoms. The van der Waals surface area contributed by atoms with Crippen LogP contribution in [0.4, 0.5) is 8.78 Å². The molecule has 5 nitrogen and oxygen atoms in total. The van der Waals surface area contributed by atoms with Crippen LogP contribution in [0.15, 0.2) is 48.7 Å². The van der Waals surface area contributed by atoms with E-state index in [1.54, 1.807) is 6.07 Å². The molecule has 0 atom stereocenters. The molecule has 0 radical (unpaired) electrons. The maximum Gasteiger partial charge on any atom is 0.339 e. The van der Waals surface area contributed by atoms with Crippen molar-refractivity contribution in [2.24, 2.45) is 0 Å². The zero-order valence-electron chi connectivity index (χ0n) is 15.8. The highest BCUT2D eigenvalue weighted by Gasteiger charge is 2.37. The van der Waals surface area contributed by atoms with E-state index in [0.717, 1.165) is 0 Å². The summed E-state index contributed by atoms with van der Waals surface area (Å²) in [7, 11) is 0. The molecule has 3 aromatic rings. The van der Waals surface area contributed by atoms with Crippen LogP contribution in [0.3, 0.4) is 0 Å². The quantitative estimate of drug-likeness (QED) is 0.678. The van der Waals surface area contributed by atoms with Crippen LogP contribution in [0.25, 0.3) is 16.5 Å². The van der Waals surface area contributed by atoms with Crippen molar-refractivity contribution < 1.29 is 23.5 Å². The van der Waals surface area contributed by atoms with Gasteiger partial charge >= 0.3 is 5.97 Å². The van der Waals surface area contributed by atoms with E-state index in [2.05, 4.69) is 4.98 Å². The van der Waals surface area contributed by atoms with Gasteiger partial charge in [-0.05, 0) is 48.0 Å². The molecule has 1 aliphatic heterocycles. The van der Waals surface area contributed by atoms with Gasteiger partial charge in [0.25, 0.3) is 5.91 Å². The summed E-state index contributed by atoms with van der Waals surface area (Å²) in [6, 6.07) is 9.30. The number of hydrogen-bond donors (Lipinski definition) is 2. The Labute approximate surface area is 165 Å². The number of aromatic nitrogens is 1. The molecule has 0 spiro atoms. The number of amides is 1. The Morgan fingerprint density at radius 3 is 2.38 bits per heavy atom. The molecule has 2 aromatic carbocycles. The molecule has 1 amide bonds. The van der Waals surface area contributed by atoms with Crippen LogP contribution in [0.2, 0.25) is 0 Å². The second kappa shape index (κ2) is 6.55. The second-order valence-corrected chi connectivity index (χ2v) is 7.74. The second-order valence-electron chi connectivity index (χ2n) is 7.74. The van der Waals surface area contributed by atoms with Crippen molar-refractivity contribution in [2.75, 3.05) is 6.54 Å². The molecule has 0 aliphatic carbocycles. The highest BCUT2D eigenvalue weighted by Crippen LogP contribution is 2.40. The van der Waals surface area contributed by atoms with E-state index >= 15 is 0 Å². The first-order valence-electron chi connectivity index (χ1n) is 9.01. The molecule has 7 heteroatoms. The summed E-state index contributed by atoms with van der Waals surface area (Å²) in [5, 5.41) is 10.4. The van der Waals surface area contributed by atoms with Gasteiger partial charge in [-0.15, -0.1) is 0 Å². The number of fused-ring (bicyclic) bond motifs is 3. The summed E-state index contributed by atoms with van der Waals surface area (Å²) in [5.41, 5.74) is 1.05. The highest BCUT2D eigenvalue weighted by atomic mass is 19.1. The SMILES string of the molecule is CC1(C)CN(C(=O)c2ccc(F)cc2)C=C(C(=O)O)c2[nH]c3ccc(F)cc3c21. The summed E-state index contributed by atoms with van der Waals surface area (Å²) in [5.74, 6) is -2.56. The van der Waals surface area contributed by atoms with E-state index in [1.807, 2.05) is 13.8 Å². The summed E-state index contributed by atoms with van der Waals surface area (Å²) in [6.45, 7) is 3.90. The Balaban J connectivity index is 1.90. The van der Waals surface area contributed by atoms with E-state index < -0.39 is 28.9 Å². The number of rotatable bonds is 2. The van der Waals surface area contributed by atoms with Crippen LogP contribution in [-0.4, -0.2) is 33.4 Å². The number of hydrogen-bond acceptors (Lipinski definition) is 2. The van der Waals surface area contributed by atoms with Gasteiger partial charge in [-0.3, -0.25) is 4.79 Å². The van der Waals surface area contributed by atoms with Gasteiger partial charge in [0, 0.05) is 34.6 Å². The molecule has 0 fully saturated rings. The zero-order valence-corrected chi connectivity index (χ0v) is 15.8. The molecule has 0 bridgehead atoms. The number of benzene rings is 2. The van der Waals surface area contributed by atoms with Crippen LogP contribution in [-0.2, 0) is 10.2 Å². The maximum atomic E-state index is 13.9. The standard InChI is InChI=1S/C22H18F2N2O3/c1-22(2)11-26(20(27)12-3-5-13(23)6-4-12)10-16(21(28)29)19-18(22)15-9-14(24)7-8-17(15)25-19/h3-10,25H,11H2,1-2H3,(H,28,29). The van der Waals surface area contributed by atoms with E-state index in [4.69, 9.17) is 0 Å². The number of carboxylic acids is 1. The fourth-order valence-electron chi connectivity index (χ4n) is 3.89. The average Bonchev–Trinajstić information content (AvgIpc) is 2.98. The number of nitrogens with one attached hydrogen (secondary N) is 1. The van der Waals surface area contributed by atoms with Gasteiger partial charge in [0.2, 0.25) is 0 Å². The molecule has 0 saturated carbocycles. The molecule has 148 valence electrons.